The molecule has 3 aromatic carbocycles. The van der Waals surface area contributed by atoms with Crippen LogP contribution in [0.5, 0.6) is 0 Å². The fourth-order valence-electron chi connectivity index (χ4n) is 4.24. The van der Waals surface area contributed by atoms with Gasteiger partial charge in [0.15, 0.2) is 0 Å². The van der Waals surface area contributed by atoms with Gasteiger partial charge in [0, 0.05) is 17.6 Å². The molecule has 0 fully saturated rings. The highest BCUT2D eigenvalue weighted by Crippen LogP contribution is 2.31. The average molecular weight is 584 g/mol. The molecule has 3 rings (SSSR count). The highest BCUT2D eigenvalue weighted by atomic mass is 35.5. The standard InChI is InChI=1S/C31H38ClN3O4S/c1-7-23(4)33-31(37)25(6)34(19-26-12-9-8-11-22(26)3)30(36)20-35(29-14-10-13-28(32)24(29)5)40(38,39)27-17-15-21(2)16-18-27/h8-18,23,25H,7,19-20H2,1-6H3,(H,33,37)/t23-,25+/m1/s1. The molecule has 9 heteroatoms. The number of nitrogens with zero attached hydrogens (tertiary/aromatic N) is 2. The van der Waals surface area contributed by atoms with E-state index in [0.717, 1.165) is 27.4 Å². The molecule has 1 N–H and O–H groups in total. The Morgan fingerprint density at radius 1 is 0.925 bits per heavy atom. The van der Waals surface area contributed by atoms with Gasteiger partial charge in [0.25, 0.3) is 10.0 Å². The van der Waals surface area contributed by atoms with Crippen LogP contribution in [-0.4, -0.2) is 43.8 Å². The summed E-state index contributed by atoms with van der Waals surface area (Å²) in [5.74, 6) is -0.812. The second-order valence-corrected chi connectivity index (χ2v) is 12.4. The Kier molecular flexibility index (Phi) is 10.4. The zero-order valence-corrected chi connectivity index (χ0v) is 25.5. The molecule has 7 nitrogen and oxygen atoms in total. The summed E-state index contributed by atoms with van der Waals surface area (Å²) >= 11 is 6.38. The van der Waals surface area contributed by atoms with Crippen molar-refractivity contribution < 1.29 is 18.0 Å². The maximum atomic E-state index is 14.1. The molecule has 0 bridgehead atoms. The first-order valence-corrected chi connectivity index (χ1v) is 15.2. The molecule has 0 aliphatic heterocycles. The molecule has 0 unspecified atom stereocenters. The lowest BCUT2D eigenvalue weighted by molar-refractivity contribution is -0.139. The summed E-state index contributed by atoms with van der Waals surface area (Å²) in [6, 6.07) is 18.1. The van der Waals surface area contributed by atoms with Crippen molar-refractivity contribution in [2.45, 2.75) is 71.5 Å². The number of carbonyl (C=O) groups excluding carboxylic acids is 2. The SMILES string of the molecule is CC[C@@H](C)NC(=O)[C@H](C)N(Cc1ccccc1C)C(=O)CN(c1cccc(Cl)c1C)S(=O)(=O)c1ccc(C)cc1. The molecule has 0 spiro atoms. The van der Waals surface area contributed by atoms with Crippen molar-refractivity contribution in [1.82, 2.24) is 10.2 Å². The molecule has 0 aliphatic rings. The Labute approximate surface area is 243 Å². The van der Waals surface area contributed by atoms with E-state index in [2.05, 4.69) is 5.32 Å². The Morgan fingerprint density at radius 2 is 1.57 bits per heavy atom. The van der Waals surface area contributed by atoms with Gasteiger partial charge in [-0.25, -0.2) is 8.42 Å². The quantitative estimate of drug-likeness (QED) is 0.309. The maximum absolute atomic E-state index is 14.1. The zero-order valence-electron chi connectivity index (χ0n) is 23.9. The van der Waals surface area contributed by atoms with Crippen LogP contribution in [0, 0.1) is 20.8 Å². The third-order valence-corrected chi connectivity index (χ3v) is 9.35. The van der Waals surface area contributed by atoms with Gasteiger partial charge in [0.1, 0.15) is 12.6 Å². The first kappa shape index (κ1) is 31.2. The van der Waals surface area contributed by atoms with Crippen LogP contribution in [0.2, 0.25) is 5.02 Å². The van der Waals surface area contributed by atoms with Gasteiger partial charge in [-0.3, -0.25) is 13.9 Å². The monoisotopic (exact) mass is 583 g/mol. The van der Waals surface area contributed by atoms with E-state index in [4.69, 9.17) is 11.6 Å². The molecule has 0 aliphatic carbocycles. The highest BCUT2D eigenvalue weighted by molar-refractivity contribution is 7.92. The molecule has 0 heterocycles. The molecule has 0 saturated carbocycles. The van der Waals surface area contributed by atoms with Crippen molar-refractivity contribution in [2.24, 2.45) is 0 Å². The van der Waals surface area contributed by atoms with Crippen LogP contribution in [0.4, 0.5) is 5.69 Å². The molecular formula is C31H38ClN3O4S. The van der Waals surface area contributed by atoms with Gasteiger partial charge in [-0.15, -0.1) is 0 Å². The van der Waals surface area contributed by atoms with E-state index in [1.165, 1.54) is 17.0 Å². The smallest absolute Gasteiger partial charge is 0.264 e. The van der Waals surface area contributed by atoms with E-state index in [0.29, 0.717) is 16.3 Å². The fraction of sp³-hybridized carbons (Fsp3) is 0.355. The topological polar surface area (TPSA) is 86.8 Å². The van der Waals surface area contributed by atoms with Crippen molar-refractivity contribution in [2.75, 3.05) is 10.8 Å². The van der Waals surface area contributed by atoms with Gasteiger partial charge in [0.2, 0.25) is 11.8 Å². The largest absolute Gasteiger partial charge is 0.352 e. The number of hydrogen-bond donors (Lipinski definition) is 1. The molecule has 0 aromatic heterocycles. The summed E-state index contributed by atoms with van der Waals surface area (Å²) < 4.78 is 29.1. The third-order valence-electron chi connectivity index (χ3n) is 7.17. The van der Waals surface area contributed by atoms with Crippen LogP contribution in [0.1, 0.15) is 49.4 Å². The summed E-state index contributed by atoms with van der Waals surface area (Å²) in [6.07, 6.45) is 0.737. The number of halogens is 1. The Hall–Kier alpha value is -3.36. The van der Waals surface area contributed by atoms with Gasteiger partial charge in [0.05, 0.1) is 10.6 Å². The summed E-state index contributed by atoms with van der Waals surface area (Å²) in [4.78, 5) is 28.8. The lowest BCUT2D eigenvalue weighted by Crippen LogP contribution is -2.52. The number of sulfonamides is 1. The Bertz CT molecular complexity index is 1460. The molecule has 40 heavy (non-hydrogen) atoms. The summed E-state index contributed by atoms with van der Waals surface area (Å²) in [7, 11) is -4.16. The minimum atomic E-state index is -4.16. The lowest BCUT2D eigenvalue weighted by atomic mass is 10.1. The van der Waals surface area contributed by atoms with Gasteiger partial charge in [-0.2, -0.15) is 0 Å². The minimum absolute atomic E-state index is 0.0540. The van der Waals surface area contributed by atoms with Crippen LogP contribution in [0.3, 0.4) is 0 Å². The summed E-state index contributed by atoms with van der Waals surface area (Å²) in [6.45, 7) is 10.7. The minimum Gasteiger partial charge on any atom is -0.352 e. The molecule has 2 atom stereocenters. The van der Waals surface area contributed by atoms with Crippen LogP contribution >= 0.6 is 11.6 Å². The van der Waals surface area contributed by atoms with Gasteiger partial charge < -0.3 is 10.2 Å². The highest BCUT2D eigenvalue weighted by Gasteiger charge is 2.33. The predicted octanol–water partition coefficient (Wildman–Crippen LogP) is 5.79. The average Bonchev–Trinajstić information content (AvgIpc) is 2.92. The first-order chi connectivity index (χ1) is 18.9. The molecule has 0 radical (unpaired) electrons. The number of anilines is 1. The van der Waals surface area contributed by atoms with Crippen LogP contribution in [-0.2, 0) is 26.2 Å². The number of hydrogen-bond acceptors (Lipinski definition) is 4. The van der Waals surface area contributed by atoms with Crippen molar-refractivity contribution in [1.29, 1.82) is 0 Å². The first-order valence-electron chi connectivity index (χ1n) is 13.4. The fourth-order valence-corrected chi connectivity index (χ4v) is 5.88. The second-order valence-electron chi connectivity index (χ2n) is 10.2. The summed E-state index contributed by atoms with van der Waals surface area (Å²) in [5.41, 5.74) is 3.57. The number of nitrogens with one attached hydrogen (secondary N) is 1. The lowest BCUT2D eigenvalue weighted by Gasteiger charge is -2.33. The number of amides is 2. The van der Waals surface area contributed by atoms with Crippen molar-refractivity contribution in [3.05, 3.63) is 94.0 Å². The predicted molar refractivity (Wildman–Crippen MR) is 161 cm³/mol. The number of aryl methyl sites for hydroxylation is 2. The van der Waals surface area contributed by atoms with Gasteiger partial charge in [-0.1, -0.05) is 66.6 Å². The zero-order chi connectivity index (χ0) is 29.6. The number of rotatable bonds is 11. The molecule has 0 saturated heterocycles. The van der Waals surface area contributed by atoms with E-state index in [9.17, 15) is 18.0 Å². The van der Waals surface area contributed by atoms with Crippen molar-refractivity contribution >= 4 is 39.1 Å². The Morgan fingerprint density at radius 3 is 2.20 bits per heavy atom. The van der Waals surface area contributed by atoms with E-state index < -0.39 is 28.5 Å². The number of carbonyl (C=O) groups is 2. The Balaban J connectivity index is 2.08. The van der Waals surface area contributed by atoms with Gasteiger partial charge >= 0.3 is 0 Å². The van der Waals surface area contributed by atoms with Crippen LogP contribution in [0.15, 0.2) is 71.6 Å². The van der Waals surface area contributed by atoms with Crippen LogP contribution < -0.4 is 9.62 Å². The van der Waals surface area contributed by atoms with Crippen molar-refractivity contribution in [3.63, 3.8) is 0 Å². The van der Waals surface area contributed by atoms with Crippen molar-refractivity contribution in [3.8, 4) is 0 Å². The molecular weight excluding hydrogens is 546 g/mol. The molecule has 2 amide bonds. The summed E-state index contributed by atoms with van der Waals surface area (Å²) in [5, 5.41) is 3.33. The third kappa shape index (κ3) is 7.23. The van der Waals surface area contributed by atoms with Crippen LogP contribution in [0.25, 0.3) is 0 Å². The van der Waals surface area contributed by atoms with E-state index in [1.807, 2.05) is 52.0 Å². The van der Waals surface area contributed by atoms with Gasteiger partial charge in [-0.05, 0) is 82.0 Å². The number of benzene rings is 3. The second kappa shape index (κ2) is 13.3. The molecule has 214 valence electrons. The van der Waals surface area contributed by atoms with E-state index in [-0.39, 0.29) is 23.4 Å². The molecule has 3 aromatic rings. The normalized spacial score (nSPS) is 12.9. The maximum Gasteiger partial charge on any atom is 0.264 e. The van der Waals surface area contributed by atoms with E-state index >= 15 is 0 Å². The van der Waals surface area contributed by atoms with E-state index in [1.54, 1.807) is 44.2 Å².